The Hall–Kier alpha value is -0.350. The summed E-state index contributed by atoms with van der Waals surface area (Å²) >= 11 is 4.80. The normalized spacial score (nSPS) is 16.4. The standard InChI is InChI=1S/C8H7BrO2S/c9-7-5(8(10)11)3-6(12-7)4-1-2-4/h3-4H,1-2H2,(H,10,11). The van der Waals surface area contributed by atoms with Crippen LogP contribution in [0.2, 0.25) is 0 Å². The Morgan fingerprint density at radius 3 is 2.75 bits per heavy atom. The summed E-state index contributed by atoms with van der Waals surface area (Å²) in [6, 6.07) is 1.79. The maximum Gasteiger partial charge on any atom is 0.337 e. The molecule has 0 aliphatic heterocycles. The smallest absolute Gasteiger partial charge is 0.337 e. The summed E-state index contributed by atoms with van der Waals surface area (Å²) in [5.41, 5.74) is 0.405. The zero-order chi connectivity index (χ0) is 8.72. The molecule has 0 atom stereocenters. The number of rotatable bonds is 2. The molecule has 1 aromatic rings. The maximum absolute atomic E-state index is 10.7. The van der Waals surface area contributed by atoms with Gasteiger partial charge in [-0.1, -0.05) is 0 Å². The molecule has 0 amide bonds. The van der Waals surface area contributed by atoms with E-state index in [4.69, 9.17) is 5.11 Å². The van der Waals surface area contributed by atoms with Gasteiger partial charge in [-0.15, -0.1) is 11.3 Å². The first-order valence-electron chi connectivity index (χ1n) is 3.71. The second-order valence-electron chi connectivity index (χ2n) is 2.92. The molecule has 0 spiro atoms. The van der Waals surface area contributed by atoms with Crippen molar-refractivity contribution in [3.63, 3.8) is 0 Å². The van der Waals surface area contributed by atoms with E-state index >= 15 is 0 Å². The van der Waals surface area contributed by atoms with Gasteiger partial charge in [-0.25, -0.2) is 4.79 Å². The second kappa shape index (κ2) is 2.85. The summed E-state index contributed by atoms with van der Waals surface area (Å²) in [6.07, 6.45) is 2.43. The Balaban J connectivity index is 2.36. The van der Waals surface area contributed by atoms with E-state index in [0.717, 1.165) is 3.79 Å². The fourth-order valence-electron chi connectivity index (χ4n) is 1.10. The summed E-state index contributed by atoms with van der Waals surface area (Å²) in [5.74, 6) is -0.204. The van der Waals surface area contributed by atoms with Crippen LogP contribution in [0.5, 0.6) is 0 Å². The number of thiophene rings is 1. The number of carbonyl (C=O) groups is 1. The Morgan fingerprint density at radius 2 is 2.33 bits per heavy atom. The Bertz CT molecular complexity index is 328. The second-order valence-corrected chi connectivity index (χ2v) is 5.32. The van der Waals surface area contributed by atoms with Crippen LogP contribution in [0.15, 0.2) is 9.85 Å². The van der Waals surface area contributed by atoms with E-state index in [9.17, 15) is 4.79 Å². The van der Waals surface area contributed by atoms with Gasteiger partial charge < -0.3 is 5.11 Å². The van der Waals surface area contributed by atoms with Crippen LogP contribution >= 0.6 is 27.3 Å². The third-order valence-corrected chi connectivity index (χ3v) is 3.91. The predicted octanol–water partition coefficient (Wildman–Crippen LogP) is 3.09. The number of hydrogen-bond donors (Lipinski definition) is 1. The summed E-state index contributed by atoms with van der Waals surface area (Å²) in [4.78, 5) is 11.9. The van der Waals surface area contributed by atoms with E-state index in [-0.39, 0.29) is 0 Å². The molecular weight excluding hydrogens is 240 g/mol. The minimum Gasteiger partial charge on any atom is -0.478 e. The lowest BCUT2D eigenvalue weighted by Crippen LogP contribution is -1.93. The molecule has 2 nitrogen and oxygen atoms in total. The van der Waals surface area contributed by atoms with E-state index in [1.165, 1.54) is 17.7 Å². The van der Waals surface area contributed by atoms with Crippen LogP contribution in [0.4, 0.5) is 0 Å². The minimum atomic E-state index is -0.843. The third kappa shape index (κ3) is 1.41. The van der Waals surface area contributed by atoms with E-state index in [0.29, 0.717) is 11.5 Å². The monoisotopic (exact) mass is 246 g/mol. The van der Waals surface area contributed by atoms with Crippen molar-refractivity contribution in [3.05, 3.63) is 20.3 Å². The first-order valence-corrected chi connectivity index (χ1v) is 5.32. The van der Waals surface area contributed by atoms with Crippen molar-refractivity contribution in [2.24, 2.45) is 0 Å². The quantitative estimate of drug-likeness (QED) is 0.871. The van der Waals surface area contributed by atoms with Gasteiger partial charge in [0.15, 0.2) is 0 Å². The topological polar surface area (TPSA) is 37.3 Å². The van der Waals surface area contributed by atoms with Crippen molar-refractivity contribution in [2.45, 2.75) is 18.8 Å². The fraction of sp³-hybridized carbons (Fsp3) is 0.375. The molecule has 1 aliphatic carbocycles. The van der Waals surface area contributed by atoms with Crippen molar-refractivity contribution in [3.8, 4) is 0 Å². The van der Waals surface area contributed by atoms with Crippen LogP contribution in [-0.2, 0) is 0 Å². The third-order valence-electron chi connectivity index (χ3n) is 1.92. The van der Waals surface area contributed by atoms with Gasteiger partial charge in [-0.05, 0) is 40.8 Å². The molecule has 1 fully saturated rings. The van der Waals surface area contributed by atoms with Crippen LogP contribution in [0.25, 0.3) is 0 Å². The number of hydrogen-bond acceptors (Lipinski definition) is 2. The molecule has 0 bridgehead atoms. The largest absolute Gasteiger partial charge is 0.478 e. The summed E-state index contributed by atoms with van der Waals surface area (Å²) in [6.45, 7) is 0. The average molecular weight is 247 g/mol. The van der Waals surface area contributed by atoms with Crippen LogP contribution < -0.4 is 0 Å². The number of halogens is 1. The summed E-state index contributed by atoms with van der Waals surface area (Å²) in [7, 11) is 0. The number of carboxylic acids is 1. The van der Waals surface area contributed by atoms with Gasteiger partial charge in [-0.3, -0.25) is 0 Å². The van der Waals surface area contributed by atoms with Gasteiger partial charge in [0.05, 0.1) is 9.35 Å². The first kappa shape index (κ1) is 8.26. The molecule has 0 saturated heterocycles. The maximum atomic E-state index is 10.7. The minimum absolute atomic E-state index is 0.405. The lowest BCUT2D eigenvalue weighted by Gasteiger charge is -1.85. The SMILES string of the molecule is O=C(O)c1cc(C2CC2)sc1Br. The molecule has 64 valence electrons. The van der Waals surface area contributed by atoms with Crippen molar-refractivity contribution >= 4 is 33.2 Å². The molecule has 0 unspecified atom stereocenters. The highest BCUT2D eigenvalue weighted by Crippen LogP contribution is 2.45. The first-order chi connectivity index (χ1) is 5.68. The summed E-state index contributed by atoms with van der Waals surface area (Å²) in [5, 5.41) is 8.76. The highest BCUT2D eigenvalue weighted by Gasteiger charge is 2.27. The molecule has 0 radical (unpaired) electrons. The van der Waals surface area contributed by atoms with Gasteiger partial charge in [0.2, 0.25) is 0 Å². The molecule has 1 aliphatic rings. The highest BCUT2D eigenvalue weighted by atomic mass is 79.9. The zero-order valence-electron chi connectivity index (χ0n) is 6.21. The van der Waals surface area contributed by atoms with Gasteiger partial charge >= 0.3 is 5.97 Å². The molecule has 12 heavy (non-hydrogen) atoms. The Kier molecular flexibility index (Phi) is 1.96. The van der Waals surface area contributed by atoms with Crippen LogP contribution in [0, 0.1) is 0 Å². The van der Waals surface area contributed by atoms with E-state index in [1.54, 1.807) is 17.4 Å². The van der Waals surface area contributed by atoms with Gasteiger partial charge in [0.25, 0.3) is 0 Å². The van der Waals surface area contributed by atoms with Crippen molar-refractivity contribution in [1.82, 2.24) is 0 Å². The van der Waals surface area contributed by atoms with Gasteiger partial charge in [0, 0.05) is 4.88 Å². The van der Waals surface area contributed by atoms with Crippen LogP contribution in [0.1, 0.15) is 34.0 Å². The van der Waals surface area contributed by atoms with Crippen LogP contribution in [-0.4, -0.2) is 11.1 Å². The lowest BCUT2D eigenvalue weighted by molar-refractivity contribution is 0.0696. The molecule has 1 saturated carbocycles. The van der Waals surface area contributed by atoms with Crippen molar-refractivity contribution < 1.29 is 9.90 Å². The number of carboxylic acid groups (broad SMARTS) is 1. The lowest BCUT2D eigenvalue weighted by atomic mass is 10.2. The molecule has 1 heterocycles. The highest BCUT2D eigenvalue weighted by molar-refractivity contribution is 9.11. The molecule has 1 N–H and O–H groups in total. The molecule has 4 heteroatoms. The van der Waals surface area contributed by atoms with Crippen molar-refractivity contribution in [2.75, 3.05) is 0 Å². The predicted molar refractivity (Wildman–Crippen MR) is 51.0 cm³/mol. The molecule has 1 aromatic heterocycles. The fourth-order valence-corrected chi connectivity index (χ4v) is 2.99. The van der Waals surface area contributed by atoms with Gasteiger partial charge in [0.1, 0.15) is 0 Å². The number of aromatic carboxylic acids is 1. The Morgan fingerprint density at radius 1 is 1.67 bits per heavy atom. The van der Waals surface area contributed by atoms with E-state index in [1.807, 2.05) is 0 Å². The Labute approximate surface area is 82.3 Å². The van der Waals surface area contributed by atoms with Crippen molar-refractivity contribution in [1.29, 1.82) is 0 Å². The summed E-state index contributed by atoms with van der Waals surface area (Å²) < 4.78 is 0.747. The average Bonchev–Trinajstić information content (AvgIpc) is 2.75. The van der Waals surface area contributed by atoms with E-state index in [2.05, 4.69) is 15.9 Å². The zero-order valence-corrected chi connectivity index (χ0v) is 8.61. The van der Waals surface area contributed by atoms with E-state index < -0.39 is 5.97 Å². The molecule has 0 aromatic carbocycles. The van der Waals surface area contributed by atoms with Gasteiger partial charge in [-0.2, -0.15) is 0 Å². The molecular formula is C8H7BrO2S. The molecule has 2 rings (SSSR count). The van der Waals surface area contributed by atoms with Crippen LogP contribution in [0.3, 0.4) is 0 Å².